The van der Waals surface area contributed by atoms with Crippen LogP contribution in [0.3, 0.4) is 0 Å². The number of rotatable bonds is 7. The van der Waals surface area contributed by atoms with Gasteiger partial charge in [-0.25, -0.2) is 22.8 Å². The van der Waals surface area contributed by atoms with E-state index in [0.29, 0.717) is 5.71 Å². The van der Waals surface area contributed by atoms with Gasteiger partial charge in [-0.1, -0.05) is 60.7 Å². The molecule has 4 nitrogen and oxygen atoms in total. The summed E-state index contributed by atoms with van der Waals surface area (Å²) in [5, 5.41) is 4.31. The first kappa shape index (κ1) is 20.7. The predicted octanol–water partition coefficient (Wildman–Crippen LogP) is 5.78. The molecule has 4 aromatic rings. The molecule has 0 amide bonds. The summed E-state index contributed by atoms with van der Waals surface area (Å²) in [6.45, 7) is 4.60. The molecule has 0 aliphatic carbocycles. The minimum absolute atomic E-state index is 0. The monoisotopic (exact) mass is 444 g/mol. The quantitative estimate of drug-likeness (QED) is 0.290. The van der Waals surface area contributed by atoms with Crippen LogP contribution in [-0.4, -0.2) is 16.5 Å². The van der Waals surface area contributed by atoms with Gasteiger partial charge in [-0.15, -0.1) is 6.54 Å². The number of aromatic nitrogens is 2. The first-order valence-corrected chi connectivity index (χ1v) is 9.11. The molecular weight excluding hydrogens is 423 g/mol. The van der Waals surface area contributed by atoms with E-state index in [-0.39, 0.29) is 32.7 Å². The molecule has 0 bridgehead atoms. The van der Waals surface area contributed by atoms with E-state index in [0.717, 1.165) is 53.0 Å². The number of nitrogens with one attached hydrogen (secondary N) is 1. The van der Waals surface area contributed by atoms with E-state index in [1.807, 2.05) is 48.5 Å². The predicted molar refractivity (Wildman–Crippen MR) is 110 cm³/mol. The molecule has 0 unspecified atom stereocenters. The van der Waals surface area contributed by atoms with Crippen molar-refractivity contribution in [1.29, 1.82) is 0 Å². The molecule has 139 valence electrons. The van der Waals surface area contributed by atoms with Gasteiger partial charge in [0.2, 0.25) is 5.71 Å². The van der Waals surface area contributed by atoms with Gasteiger partial charge in [0, 0.05) is 43.8 Å². The maximum Gasteiger partial charge on any atom is 0.232 e. The van der Waals surface area contributed by atoms with E-state index in [4.69, 9.17) is 4.42 Å². The van der Waals surface area contributed by atoms with Crippen molar-refractivity contribution in [3.63, 3.8) is 0 Å². The Labute approximate surface area is 190 Å². The number of hydrogen-bond acceptors (Lipinski definition) is 4. The number of anilines is 1. The first-order valence-electron chi connectivity index (χ1n) is 9.11. The van der Waals surface area contributed by atoms with E-state index in [2.05, 4.69) is 40.8 Å². The summed E-state index contributed by atoms with van der Waals surface area (Å²) in [7, 11) is 0. The van der Waals surface area contributed by atoms with Crippen LogP contribution in [0.25, 0.3) is 33.6 Å². The van der Waals surface area contributed by atoms with Crippen molar-refractivity contribution in [3.8, 4) is 22.5 Å². The number of fused-ring (bicyclic) bond motifs is 1. The van der Waals surface area contributed by atoms with Gasteiger partial charge in [0.25, 0.3) is 0 Å². The molecule has 4 rings (SSSR count). The van der Waals surface area contributed by atoms with Crippen LogP contribution in [0.1, 0.15) is 12.8 Å². The largest absolute Gasteiger partial charge is 0.437 e. The second kappa shape index (κ2) is 9.95. The fourth-order valence-corrected chi connectivity index (χ4v) is 3.16. The van der Waals surface area contributed by atoms with Crippen LogP contribution in [-0.2, 0) is 32.7 Å². The Bertz CT molecular complexity index is 1020. The molecule has 0 atom stereocenters. The molecule has 0 spiro atoms. The Hall–Kier alpha value is -2.04. The average molecular weight is 444 g/mol. The van der Waals surface area contributed by atoms with Crippen LogP contribution in [0.2, 0.25) is 0 Å². The SMILES string of the molecule is [CH2-]CC[CH-]CNc1ncnc2oc(-c3ccccc3)c(-c3ccccc3)c12.[Y]. The summed E-state index contributed by atoms with van der Waals surface area (Å²) < 4.78 is 6.20. The van der Waals surface area contributed by atoms with E-state index in [9.17, 15) is 0 Å². The second-order valence-corrected chi connectivity index (χ2v) is 6.25. The van der Waals surface area contributed by atoms with E-state index >= 15 is 0 Å². The van der Waals surface area contributed by atoms with Crippen LogP contribution in [0.5, 0.6) is 0 Å². The van der Waals surface area contributed by atoms with Crippen molar-refractivity contribution >= 4 is 16.9 Å². The summed E-state index contributed by atoms with van der Waals surface area (Å²) >= 11 is 0. The van der Waals surface area contributed by atoms with Crippen LogP contribution in [0.15, 0.2) is 71.4 Å². The summed E-state index contributed by atoms with van der Waals surface area (Å²) in [5.41, 5.74) is 3.69. The summed E-state index contributed by atoms with van der Waals surface area (Å²) in [5.74, 6) is 1.59. The van der Waals surface area contributed by atoms with Crippen LogP contribution >= 0.6 is 0 Å². The molecule has 1 N–H and O–H groups in total. The van der Waals surface area contributed by atoms with Gasteiger partial charge < -0.3 is 23.1 Å². The van der Waals surface area contributed by atoms with Gasteiger partial charge in [-0.05, 0) is 5.56 Å². The molecule has 0 saturated carbocycles. The Morgan fingerprint density at radius 2 is 1.61 bits per heavy atom. The zero-order valence-corrected chi connectivity index (χ0v) is 18.5. The maximum atomic E-state index is 6.20. The van der Waals surface area contributed by atoms with Crippen molar-refractivity contribution in [1.82, 2.24) is 9.97 Å². The van der Waals surface area contributed by atoms with Crippen molar-refractivity contribution in [2.75, 3.05) is 11.9 Å². The minimum Gasteiger partial charge on any atom is -0.437 e. The topological polar surface area (TPSA) is 51.0 Å². The summed E-state index contributed by atoms with van der Waals surface area (Å²) in [6, 6.07) is 20.4. The fourth-order valence-electron chi connectivity index (χ4n) is 3.16. The fraction of sp³-hybridized carbons (Fsp3) is 0.130. The van der Waals surface area contributed by atoms with Crippen LogP contribution in [0, 0.1) is 13.3 Å². The smallest absolute Gasteiger partial charge is 0.232 e. The van der Waals surface area contributed by atoms with E-state index in [1.165, 1.54) is 0 Å². The molecule has 2 aromatic carbocycles. The Morgan fingerprint density at radius 1 is 0.929 bits per heavy atom. The Kier molecular flexibility index (Phi) is 7.35. The van der Waals surface area contributed by atoms with Crippen molar-refractivity contribution < 1.29 is 37.1 Å². The summed E-state index contributed by atoms with van der Waals surface area (Å²) in [4.78, 5) is 8.86. The third-order valence-corrected chi connectivity index (χ3v) is 4.41. The average Bonchev–Trinajstić information content (AvgIpc) is 3.13. The van der Waals surface area contributed by atoms with Gasteiger partial charge in [-0.3, -0.25) is 0 Å². The van der Waals surface area contributed by atoms with Crippen LogP contribution < -0.4 is 5.32 Å². The van der Waals surface area contributed by atoms with E-state index < -0.39 is 0 Å². The molecule has 5 heteroatoms. The van der Waals surface area contributed by atoms with Gasteiger partial charge in [0.05, 0.1) is 5.39 Å². The molecule has 0 aliphatic heterocycles. The second-order valence-electron chi connectivity index (χ2n) is 6.25. The van der Waals surface area contributed by atoms with Crippen molar-refractivity contribution in [2.24, 2.45) is 0 Å². The number of benzene rings is 2. The van der Waals surface area contributed by atoms with Crippen molar-refractivity contribution in [3.05, 3.63) is 80.3 Å². The number of furan rings is 1. The van der Waals surface area contributed by atoms with Crippen molar-refractivity contribution in [2.45, 2.75) is 12.8 Å². The molecule has 0 fully saturated rings. The molecule has 2 aromatic heterocycles. The minimum atomic E-state index is 0. The summed E-state index contributed by atoms with van der Waals surface area (Å²) in [6.07, 6.45) is 5.56. The zero-order chi connectivity index (χ0) is 18.5. The first-order chi connectivity index (χ1) is 13.4. The molecule has 1 radical (unpaired) electrons. The zero-order valence-electron chi connectivity index (χ0n) is 15.6. The number of hydrogen-bond donors (Lipinski definition) is 1. The Balaban J connectivity index is 0.00000225. The molecule has 0 aliphatic rings. The van der Waals surface area contributed by atoms with E-state index in [1.54, 1.807) is 6.33 Å². The Morgan fingerprint density at radius 3 is 2.29 bits per heavy atom. The molecular formula is C23H21N3OY-2. The number of unbranched alkanes of at least 4 members (excludes halogenated alkanes) is 2. The molecule has 2 heterocycles. The van der Waals surface area contributed by atoms with Gasteiger partial charge >= 0.3 is 0 Å². The van der Waals surface area contributed by atoms with Gasteiger partial charge in [-0.2, -0.15) is 0 Å². The maximum absolute atomic E-state index is 6.20. The van der Waals surface area contributed by atoms with Gasteiger partial charge in [0.1, 0.15) is 17.9 Å². The van der Waals surface area contributed by atoms with Crippen LogP contribution in [0.4, 0.5) is 5.82 Å². The normalized spacial score (nSPS) is 10.6. The standard InChI is InChI=1S/C23H21N3O.Y/c1-2-3-10-15-24-22-20-19(17-11-6-4-7-12-17)21(18-13-8-5-9-14-18)27-23(20)26-16-25-22;/h4-14,16H,1-3,15H2,(H,24,25,26);/q-2;. The number of nitrogens with zero attached hydrogens (tertiary/aromatic N) is 2. The third kappa shape index (κ3) is 4.34. The third-order valence-electron chi connectivity index (χ3n) is 4.41. The molecule has 28 heavy (non-hydrogen) atoms. The molecule has 0 saturated heterocycles. The van der Waals surface area contributed by atoms with Gasteiger partial charge in [0.15, 0.2) is 0 Å².